The molecule has 3 N–H and O–H groups in total. The number of nitrogens with two attached hydrogens (primary N) is 1. The first-order chi connectivity index (χ1) is 9.20. The Morgan fingerprint density at radius 1 is 1.42 bits per heavy atom. The summed E-state index contributed by atoms with van der Waals surface area (Å²) in [6.45, 7) is 2.24. The van der Waals surface area contributed by atoms with E-state index in [-0.39, 0.29) is 5.91 Å². The minimum absolute atomic E-state index is 0.0930. The quantitative estimate of drug-likeness (QED) is 0.875. The van der Waals surface area contributed by atoms with E-state index < -0.39 is 0 Å². The number of anilines is 1. The van der Waals surface area contributed by atoms with Gasteiger partial charge in [0.15, 0.2) is 0 Å². The highest BCUT2D eigenvalue weighted by Crippen LogP contribution is 2.27. The SMILES string of the molecule is CCCC1CCC(NC(=O)c2cccnc2N)CC1. The van der Waals surface area contributed by atoms with Gasteiger partial charge >= 0.3 is 0 Å². The number of hydrogen-bond acceptors (Lipinski definition) is 3. The summed E-state index contributed by atoms with van der Waals surface area (Å²) in [4.78, 5) is 16.1. The van der Waals surface area contributed by atoms with Crippen LogP contribution in [0.25, 0.3) is 0 Å². The van der Waals surface area contributed by atoms with Crippen molar-refractivity contribution in [3.8, 4) is 0 Å². The molecule has 4 heteroatoms. The molecule has 1 aromatic heterocycles. The van der Waals surface area contributed by atoms with Crippen LogP contribution in [0.4, 0.5) is 5.82 Å². The lowest BCUT2D eigenvalue weighted by Crippen LogP contribution is -2.38. The summed E-state index contributed by atoms with van der Waals surface area (Å²) in [5.41, 5.74) is 6.20. The Labute approximate surface area is 114 Å². The number of hydrogen-bond donors (Lipinski definition) is 2. The highest BCUT2D eigenvalue weighted by atomic mass is 16.1. The van der Waals surface area contributed by atoms with Crippen LogP contribution in [0.15, 0.2) is 18.3 Å². The zero-order valence-electron chi connectivity index (χ0n) is 11.6. The molecule has 0 unspecified atom stereocenters. The molecule has 1 aromatic rings. The van der Waals surface area contributed by atoms with Crippen LogP contribution in [-0.4, -0.2) is 16.9 Å². The Kier molecular flexibility index (Phi) is 4.77. The first-order valence-corrected chi connectivity index (χ1v) is 7.22. The summed E-state index contributed by atoms with van der Waals surface area (Å²) in [5.74, 6) is 1.06. The third kappa shape index (κ3) is 3.69. The van der Waals surface area contributed by atoms with Crippen LogP contribution in [0.5, 0.6) is 0 Å². The standard InChI is InChI=1S/C15H23N3O/c1-2-4-11-6-8-12(9-7-11)18-15(19)13-5-3-10-17-14(13)16/h3,5,10-12H,2,4,6-9H2,1H3,(H2,16,17)(H,18,19). The molecule has 1 amide bonds. The molecule has 0 radical (unpaired) electrons. The second-order valence-electron chi connectivity index (χ2n) is 5.42. The van der Waals surface area contributed by atoms with E-state index in [1.807, 2.05) is 0 Å². The van der Waals surface area contributed by atoms with Crippen LogP contribution in [0.2, 0.25) is 0 Å². The van der Waals surface area contributed by atoms with Gasteiger partial charge in [0.2, 0.25) is 0 Å². The molecule has 104 valence electrons. The predicted molar refractivity (Wildman–Crippen MR) is 76.8 cm³/mol. The van der Waals surface area contributed by atoms with E-state index in [9.17, 15) is 4.79 Å². The minimum atomic E-state index is -0.0930. The van der Waals surface area contributed by atoms with Crippen LogP contribution in [0, 0.1) is 5.92 Å². The van der Waals surface area contributed by atoms with E-state index in [2.05, 4.69) is 17.2 Å². The molecule has 1 aliphatic carbocycles. The van der Waals surface area contributed by atoms with E-state index in [1.165, 1.54) is 25.7 Å². The normalized spacial score (nSPS) is 23.0. The fraction of sp³-hybridized carbons (Fsp3) is 0.600. The number of nitrogens with one attached hydrogen (secondary N) is 1. The van der Waals surface area contributed by atoms with Crippen LogP contribution in [0.1, 0.15) is 55.8 Å². The minimum Gasteiger partial charge on any atom is -0.383 e. The molecule has 0 aromatic carbocycles. The maximum atomic E-state index is 12.1. The van der Waals surface area contributed by atoms with Crippen LogP contribution in [0.3, 0.4) is 0 Å². The average molecular weight is 261 g/mol. The van der Waals surface area contributed by atoms with Crippen LogP contribution < -0.4 is 11.1 Å². The largest absolute Gasteiger partial charge is 0.383 e. The highest BCUT2D eigenvalue weighted by molar-refractivity contribution is 5.98. The number of carbonyl (C=O) groups excluding carboxylic acids is 1. The van der Waals surface area contributed by atoms with Crippen LogP contribution >= 0.6 is 0 Å². The molecule has 0 spiro atoms. The van der Waals surface area contributed by atoms with E-state index in [0.717, 1.165) is 18.8 Å². The second kappa shape index (κ2) is 6.55. The van der Waals surface area contributed by atoms with Crippen molar-refractivity contribution in [2.24, 2.45) is 5.92 Å². The number of pyridine rings is 1. The predicted octanol–water partition coefficient (Wildman–Crippen LogP) is 2.75. The molecule has 4 nitrogen and oxygen atoms in total. The van der Waals surface area contributed by atoms with Gasteiger partial charge in [0.1, 0.15) is 5.82 Å². The first kappa shape index (κ1) is 13.8. The first-order valence-electron chi connectivity index (χ1n) is 7.22. The average Bonchev–Trinajstić information content (AvgIpc) is 2.42. The van der Waals surface area contributed by atoms with Crippen molar-refractivity contribution < 1.29 is 4.79 Å². The third-order valence-corrected chi connectivity index (χ3v) is 3.96. The molecule has 1 aliphatic rings. The topological polar surface area (TPSA) is 68.0 Å². The summed E-state index contributed by atoms with van der Waals surface area (Å²) >= 11 is 0. The lowest BCUT2D eigenvalue weighted by Gasteiger charge is -2.29. The molecule has 0 aliphatic heterocycles. The van der Waals surface area contributed by atoms with E-state index in [4.69, 9.17) is 5.73 Å². The molecular weight excluding hydrogens is 238 g/mol. The molecular formula is C15H23N3O. The van der Waals surface area contributed by atoms with Crippen molar-refractivity contribution in [2.45, 2.75) is 51.5 Å². The fourth-order valence-corrected chi connectivity index (χ4v) is 2.88. The summed E-state index contributed by atoms with van der Waals surface area (Å²) in [6.07, 6.45) is 8.78. The molecule has 19 heavy (non-hydrogen) atoms. The zero-order chi connectivity index (χ0) is 13.7. The Morgan fingerprint density at radius 2 is 2.16 bits per heavy atom. The second-order valence-corrected chi connectivity index (χ2v) is 5.42. The van der Waals surface area contributed by atoms with Gasteiger partial charge in [-0.2, -0.15) is 0 Å². The third-order valence-electron chi connectivity index (χ3n) is 3.96. The van der Waals surface area contributed by atoms with Crippen molar-refractivity contribution in [3.05, 3.63) is 23.9 Å². The van der Waals surface area contributed by atoms with Gasteiger partial charge in [-0.15, -0.1) is 0 Å². The van der Waals surface area contributed by atoms with Gasteiger partial charge in [-0.05, 0) is 43.7 Å². The summed E-state index contributed by atoms with van der Waals surface area (Å²) < 4.78 is 0. The maximum Gasteiger partial charge on any atom is 0.255 e. The molecule has 0 bridgehead atoms. The van der Waals surface area contributed by atoms with E-state index in [0.29, 0.717) is 17.4 Å². The number of aromatic nitrogens is 1. The molecule has 1 fully saturated rings. The number of nitrogen functional groups attached to an aromatic ring is 1. The Balaban J connectivity index is 1.86. The lowest BCUT2D eigenvalue weighted by atomic mass is 9.83. The highest BCUT2D eigenvalue weighted by Gasteiger charge is 2.22. The van der Waals surface area contributed by atoms with E-state index >= 15 is 0 Å². The van der Waals surface area contributed by atoms with Gasteiger partial charge in [-0.3, -0.25) is 4.79 Å². The number of nitrogens with zero attached hydrogens (tertiary/aromatic N) is 1. The van der Waals surface area contributed by atoms with Crippen molar-refractivity contribution in [1.29, 1.82) is 0 Å². The molecule has 0 saturated heterocycles. The fourth-order valence-electron chi connectivity index (χ4n) is 2.88. The Hall–Kier alpha value is -1.58. The molecule has 1 saturated carbocycles. The number of rotatable bonds is 4. The van der Waals surface area contributed by atoms with Gasteiger partial charge in [0.25, 0.3) is 5.91 Å². The smallest absolute Gasteiger partial charge is 0.255 e. The van der Waals surface area contributed by atoms with Crippen molar-refractivity contribution in [2.75, 3.05) is 5.73 Å². The van der Waals surface area contributed by atoms with Gasteiger partial charge < -0.3 is 11.1 Å². The summed E-state index contributed by atoms with van der Waals surface area (Å²) in [7, 11) is 0. The molecule has 2 rings (SSSR count). The van der Waals surface area contributed by atoms with Crippen molar-refractivity contribution in [3.63, 3.8) is 0 Å². The zero-order valence-corrected chi connectivity index (χ0v) is 11.6. The molecule has 1 heterocycles. The monoisotopic (exact) mass is 261 g/mol. The number of carbonyl (C=O) groups is 1. The van der Waals surface area contributed by atoms with Gasteiger partial charge in [0.05, 0.1) is 5.56 Å². The van der Waals surface area contributed by atoms with E-state index in [1.54, 1.807) is 18.3 Å². The van der Waals surface area contributed by atoms with Gasteiger partial charge in [0, 0.05) is 12.2 Å². The molecule has 0 atom stereocenters. The number of amides is 1. The van der Waals surface area contributed by atoms with Gasteiger partial charge in [-0.25, -0.2) is 4.98 Å². The maximum absolute atomic E-state index is 12.1. The lowest BCUT2D eigenvalue weighted by molar-refractivity contribution is 0.0921. The Morgan fingerprint density at radius 3 is 2.79 bits per heavy atom. The Bertz CT molecular complexity index is 425. The summed E-state index contributed by atoms with van der Waals surface area (Å²) in [5, 5.41) is 3.08. The van der Waals surface area contributed by atoms with Crippen molar-refractivity contribution in [1.82, 2.24) is 10.3 Å². The summed E-state index contributed by atoms with van der Waals surface area (Å²) in [6, 6.07) is 3.75. The van der Waals surface area contributed by atoms with Gasteiger partial charge in [-0.1, -0.05) is 19.8 Å². The van der Waals surface area contributed by atoms with Crippen LogP contribution in [-0.2, 0) is 0 Å². The van der Waals surface area contributed by atoms with Crippen molar-refractivity contribution >= 4 is 11.7 Å².